The van der Waals surface area contributed by atoms with Crippen molar-refractivity contribution < 1.29 is 4.79 Å². The summed E-state index contributed by atoms with van der Waals surface area (Å²) < 4.78 is 0.995. The van der Waals surface area contributed by atoms with Crippen LogP contribution in [0.1, 0.15) is 29.3 Å². The molecule has 0 spiro atoms. The Morgan fingerprint density at radius 2 is 2.19 bits per heavy atom. The van der Waals surface area contributed by atoms with E-state index in [0.717, 1.165) is 27.4 Å². The number of carbonyl (C=O) groups excluding carboxylic acids is 1. The van der Waals surface area contributed by atoms with Crippen LogP contribution in [0.2, 0.25) is 0 Å². The van der Waals surface area contributed by atoms with Crippen molar-refractivity contribution in [3.8, 4) is 0 Å². The minimum absolute atomic E-state index is 0.00343. The second-order valence-electron chi connectivity index (χ2n) is 3.69. The van der Waals surface area contributed by atoms with E-state index in [-0.39, 0.29) is 11.9 Å². The standard InChI is InChI=1S/C12H15Br2NO/c1-3-10(7-13)15-12(16)11-5-4-9(14)6-8(11)2/h4-6,10H,3,7H2,1-2H3,(H,15,16). The van der Waals surface area contributed by atoms with Gasteiger partial charge in [0.2, 0.25) is 0 Å². The monoisotopic (exact) mass is 347 g/mol. The smallest absolute Gasteiger partial charge is 0.251 e. The zero-order chi connectivity index (χ0) is 12.1. The quantitative estimate of drug-likeness (QED) is 0.826. The van der Waals surface area contributed by atoms with Crippen LogP contribution in [-0.2, 0) is 0 Å². The first-order valence-electron chi connectivity index (χ1n) is 5.21. The van der Waals surface area contributed by atoms with E-state index in [4.69, 9.17) is 0 Å². The van der Waals surface area contributed by atoms with Gasteiger partial charge in [-0.15, -0.1) is 0 Å². The van der Waals surface area contributed by atoms with Crippen LogP contribution in [0, 0.1) is 6.92 Å². The SMILES string of the molecule is CCC(CBr)NC(=O)c1ccc(Br)cc1C. The lowest BCUT2D eigenvalue weighted by Crippen LogP contribution is -2.35. The van der Waals surface area contributed by atoms with Crippen LogP contribution in [0.15, 0.2) is 22.7 Å². The lowest BCUT2D eigenvalue weighted by atomic mass is 10.1. The molecule has 1 rings (SSSR count). The van der Waals surface area contributed by atoms with Gasteiger partial charge in [0.15, 0.2) is 0 Å². The summed E-state index contributed by atoms with van der Waals surface area (Å²) in [6.45, 7) is 4.00. The molecular formula is C12H15Br2NO. The number of carbonyl (C=O) groups is 1. The van der Waals surface area contributed by atoms with Gasteiger partial charge in [-0.3, -0.25) is 4.79 Å². The minimum atomic E-state index is -0.00343. The van der Waals surface area contributed by atoms with Crippen molar-refractivity contribution >= 4 is 37.8 Å². The number of halogens is 2. The van der Waals surface area contributed by atoms with Crippen LogP contribution in [-0.4, -0.2) is 17.3 Å². The average molecular weight is 349 g/mol. The van der Waals surface area contributed by atoms with E-state index in [2.05, 4.69) is 44.1 Å². The molecule has 0 radical (unpaired) electrons. The molecule has 0 aromatic heterocycles. The Morgan fingerprint density at radius 3 is 2.69 bits per heavy atom. The molecule has 1 amide bonds. The van der Waals surface area contributed by atoms with Crippen LogP contribution in [0.5, 0.6) is 0 Å². The number of benzene rings is 1. The van der Waals surface area contributed by atoms with Gasteiger partial charge in [0.1, 0.15) is 0 Å². The third-order valence-electron chi connectivity index (χ3n) is 2.45. The summed E-state index contributed by atoms with van der Waals surface area (Å²) >= 11 is 6.77. The van der Waals surface area contributed by atoms with Crippen LogP contribution >= 0.6 is 31.9 Å². The van der Waals surface area contributed by atoms with Crippen molar-refractivity contribution in [2.45, 2.75) is 26.3 Å². The van der Waals surface area contributed by atoms with Crippen LogP contribution in [0.4, 0.5) is 0 Å². The first-order chi connectivity index (χ1) is 7.58. The lowest BCUT2D eigenvalue weighted by Gasteiger charge is -2.15. The van der Waals surface area contributed by atoms with Crippen molar-refractivity contribution in [3.63, 3.8) is 0 Å². The minimum Gasteiger partial charge on any atom is -0.348 e. The molecule has 2 nitrogen and oxygen atoms in total. The molecule has 0 bridgehead atoms. The Hall–Kier alpha value is -0.350. The Kier molecular flexibility index (Phi) is 5.49. The normalized spacial score (nSPS) is 12.2. The van der Waals surface area contributed by atoms with E-state index in [0.29, 0.717) is 0 Å². The Balaban J connectivity index is 2.80. The third kappa shape index (κ3) is 3.59. The van der Waals surface area contributed by atoms with Crippen molar-refractivity contribution in [1.82, 2.24) is 5.32 Å². The van der Waals surface area contributed by atoms with Gasteiger partial charge in [-0.2, -0.15) is 0 Å². The molecule has 0 heterocycles. The molecule has 1 aromatic carbocycles. The number of hydrogen-bond acceptors (Lipinski definition) is 1. The molecule has 0 aliphatic rings. The fourth-order valence-electron chi connectivity index (χ4n) is 1.39. The molecule has 4 heteroatoms. The first-order valence-corrected chi connectivity index (χ1v) is 7.13. The fraction of sp³-hybridized carbons (Fsp3) is 0.417. The third-order valence-corrected chi connectivity index (χ3v) is 3.72. The molecule has 0 fully saturated rings. The van der Waals surface area contributed by atoms with Gasteiger partial charge in [0.05, 0.1) is 0 Å². The molecule has 1 unspecified atom stereocenters. The second kappa shape index (κ2) is 6.40. The van der Waals surface area contributed by atoms with Crippen LogP contribution < -0.4 is 5.32 Å². The predicted octanol–water partition coefficient (Wildman–Crippen LogP) is 3.66. The molecule has 0 saturated heterocycles. The topological polar surface area (TPSA) is 29.1 Å². The molecule has 1 atom stereocenters. The van der Waals surface area contributed by atoms with E-state index >= 15 is 0 Å². The largest absolute Gasteiger partial charge is 0.348 e. The molecule has 0 aliphatic carbocycles. The first kappa shape index (κ1) is 13.7. The molecule has 1 N–H and O–H groups in total. The average Bonchev–Trinajstić information content (AvgIpc) is 2.25. The van der Waals surface area contributed by atoms with E-state index in [9.17, 15) is 4.79 Å². The van der Waals surface area contributed by atoms with Crippen LogP contribution in [0.3, 0.4) is 0 Å². The highest BCUT2D eigenvalue weighted by Gasteiger charge is 2.12. The van der Waals surface area contributed by atoms with Gasteiger partial charge >= 0.3 is 0 Å². The van der Waals surface area contributed by atoms with Crippen molar-refractivity contribution in [3.05, 3.63) is 33.8 Å². The summed E-state index contributed by atoms with van der Waals surface area (Å²) in [4.78, 5) is 12.0. The van der Waals surface area contributed by atoms with Gasteiger partial charge < -0.3 is 5.32 Å². The van der Waals surface area contributed by atoms with Gasteiger partial charge in [0, 0.05) is 21.4 Å². The maximum atomic E-state index is 12.0. The zero-order valence-corrected chi connectivity index (χ0v) is 12.6. The van der Waals surface area contributed by atoms with E-state index in [1.807, 2.05) is 25.1 Å². The number of aryl methyl sites for hydroxylation is 1. The molecule has 1 aromatic rings. The molecule has 16 heavy (non-hydrogen) atoms. The fourth-order valence-corrected chi connectivity index (χ4v) is 2.49. The number of hydrogen-bond donors (Lipinski definition) is 1. The lowest BCUT2D eigenvalue weighted by molar-refractivity contribution is 0.0939. The highest BCUT2D eigenvalue weighted by atomic mass is 79.9. The maximum Gasteiger partial charge on any atom is 0.251 e. The van der Waals surface area contributed by atoms with Gasteiger partial charge in [-0.1, -0.05) is 38.8 Å². The highest BCUT2D eigenvalue weighted by Crippen LogP contribution is 2.16. The molecule has 0 saturated carbocycles. The van der Waals surface area contributed by atoms with Gasteiger partial charge in [0.25, 0.3) is 5.91 Å². The Morgan fingerprint density at radius 1 is 1.50 bits per heavy atom. The predicted molar refractivity (Wildman–Crippen MR) is 74.2 cm³/mol. The Bertz CT molecular complexity index is 375. The van der Waals surface area contributed by atoms with E-state index < -0.39 is 0 Å². The summed E-state index contributed by atoms with van der Waals surface area (Å²) in [5.74, 6) is -0.00343. The second-order valence-corrected chi connectivity index (χ2v) is 5.26. The van der Waals surface area contributed by atoms with Gasteiger partial charge in [-0.05, 0) is 37.1 Å². The molecule has 0 aliphatic heterocycles. The number of alkyl halides is 1. The maximum absolute atomic E-state index is 12.0. The summed E-state index contributed by atoms with van der Waals surface area (Å²) in [7, 11) is 0. The number of nitrogens with one attached hydrogen (secondary N) is 1. The summed E-state index contributed by atoms with van der Waals surface area (Å²) in [5.41, 5.74) is 1.72. The van der Waals surface area contributed by atoms with E-state index in [1.165, 1.54) is 0 Å². The number of amides is 1. The Labute approximate surface area is 113 Å². The zero-order valence-electron chi connectivity index (χ0n) is 9.39. The van der Waals surface area contributed by atoms with Crippen LogP contribution in [0.25, 0.3) is 0 Å². The molecule has 88 valence electrons. The van der Waals surface area contributed by atoms with E-state index in [1.54, 1.807) is 0 Å². The summed E-state index contributed by atoms with van der Waals surface area (Å²) in [5, 5.41) is 3.77. The number of rotatable bonds is 4. The van der Waals surface area contributed by atoms with Crippen molar-refractivity contribution in [2.24, 2.45) is 0 Å². The van der Waals surface area contributed by atoms with Crippen molar-refractivity contribution in [2.75, 3.05) is 5.33 Å². The van der Waals surface area contributed by atoms with Gasteiger partial charge in [-0.25, -0.2) is 0 Å². The van der Waals surface area contributed by atoms with Crippen molar-refractivity contribution in [1.29, 1.82) is 0 Å². The highest BCUT2D eigenvalue weighted by molar-refractivity contribution is 9.10. The summed E-state index contributed by atoms with van der Waals surface area (Å²) in [6, 6.07) is 5.87. The summed E-state index contributed by atoms with van der Waals surface area (Å²) in [6.07, 6.45) is 0.923. The molecular weight excluding hydrogens is 334 g/mol.